The van der Waals surface area contributed by atoms with E-state index in [1.807, 2.05) is 30.5 Å². The van der Waals surface area contributed by atoms with Gasteiger partial charge in [-0.25, -0.2) is 0 Å². The number of halogens is 2. The molecule has 5 nitrogen and oxygen atoms in total. The van der Waals surface area contributed by atoms with Gasteiger partial charge < -0.3 is 15.1 Å². The van der Waals surface area contributed by atoms with E-state index in [1.165, 1.54) is 22.7 Å². The number of hydrogen-bond donors (Lipinski definition) is 2. The summed E-state index contributed by atoms with van der Waals surface area (Å²) in [6.07, 6.45) is 2.73. The van der Waals surface area contributed by atoms with Crippen LogP contribution in [0.2, 0.25) is 10.0 Å². The lowest BCUT2D eigenvalue weighted by Crippen LogP contribution is -2.54. The van der Waals surface area contributed by atoms with Gasteiger partial charge in [0.05, 0.1) is 0 Å². The van der Waals surface area contributed by atoms with Crippen molar-refractivity contribution in [2.75, 3.05) is 0 Å². The molecule has 4 aromatic rings. The Labute approximate surface area is 170 Å². The molecule has 2 aromatic heterocycles. The molecular formula is C19H17Cl2N4OS+. The molecule has 27 heavy (non-hydrogen) atoms. The molecule has 0 saturated carbocycles. The highest BCUT2D eigenvalue weighted by atomic mass is 35.5. The van der Waals surface area contributed by atoms with Crippen LogP contribution < -0.4 is 5.73 Å². The zero-order valence-corrected chi connectivity index (χ0v) is 16.6. The molecule has 0 radical (unpaired) electrons. The third-order valence-corrected chi connectivity index (χ3v) is 5.73. The molecule has 0 aliphatic rings. The maximum Gasteiger partial charge on any atom is 0.277 e. The third-order valence-electron chi connectivity index (χ3n) is 4.28. The fourth-order valence-electron chi connectivity index (χ4n) is 2.88. The van der Waals surface area contributed by atoms with E-state index < -0.39 is 0 Å². The van der Waals surface area contributed by atoms with Crippen LogP contribution in [-0.4, -0.2) is 15.2 Å². The van der Waals surface area contributed by atoms with Crippen LogP contribution in [-0.2, 0) is 12.2 Å². The normalized spacial score (nSPS) is 12.6. The van der Waals surface area contributed by atoms with Gasteiger partial charge in [-0.1, -0.05) is 59.2 Å². The van der Waals surface area contributed by atoms with Crippen LogP contribution in [0, 0.1) is 0 Å². The van der Waals surface area contributed by atoms with Crippen LogP contribution in [0.15, 0.2) is 58.3 Å². The predicted molar refractivity (Wildman–Crippen MR) is 108 cm³/mol. The summed E-state index contributed by atoms with van der Waals surface area (Å²) >= 11 is 13.6. The topological polar surface area (TPSA) is 82.4 Å². The van der Waals surface area contributed by atoms with Gasteiger partial charge in [-0.2, -0.15) is 0 Å². The van der Waals surface area contributed by atoms with E-state index in [0.29, 0.717) is 26.9 Å². The number of thioether (sulfide) groups is 1. The van der Waals surface area contributed by atoms with E-state index in [1.54, 1.807) is 6.07 Å². The molecule has 0 fully saturated rings. The average molecular weight is 420 g/mol. The van der Waals surface area contributed by atoms with Crippen molar-refractivity contribution in [2.45, 2.75) is 23.4 Å². The Bertz CT molecular complexity index is 1080. The molecule has 2 heterocycles. The Morgan fingerprint density at radius 2 is 1.96 bits per heavy atom. The van der Waals surface area contributed by atoms with Gasteiger partial charge in [0.25, 0.3) is 11.1 Å². The first kappa shape index (κ1) is 18.4. The van der Waals surface area contributed by atoms with Gasteiger partial charge in [0.15, 0.2) is 6.04 Å². The van der Waals surface area contributed by atoms with Crippen molar-refractivity contribution in [1.29, 1.82) is 0 Å². The second kappa shape index (κ2) is 7.94. The molecule has 0 saturated heterocycles. The minimum Gasteiger partial charge on any atom is -0.410 e. The van der Waals surface area contributed by atoms with Gasteiger partial charge in [-0.3, -0.25) is 0 Å². The molecule has 1 atom stereocenters. The second-order valence-electron chi connectivity index (χ2n) is 6.19. The SMILES string of the molecule is [NH3+]C(Cc1c[nH]c2ccccc12)c1nnc(SCc2ccc(Cl)cc2Cl)o1. The number of aromatic amines is 1. The van der Waals surface area contributed by atoms with E-state index in [-0.39, 0.29) is 6.04 Å². The third kappa shape index (κ3) is 4.14. The summed E-state index contributed by atoms with van der Waals surface area (Å²) in [5.41, 5.74) is 7.46. The Morgan fingerprint density at radius 1 is 1.11 bits per heavy atom. The number of para-hydroxylation sites is 1. The minimum absolute atomic E-state index is 0.120. The van der Waals surface area contributed by atoms with Gasteiger partial charge in [0.1, 0.15) is 0 Å². The lowest BCUT2D eigenvalue weighted by Gasteiger charge is -2.03. The Balaban J connectivity index is 1.42. The summed E-state index contributed by atoms with van der Waals surface area (Å²) in [5, 5.41) is 11.2. The Morgan fingerprint density at radius 3 is 2.81 bits per heavy atom. The maximum absolute atomic E-state index is 6.20. The van der Waals surface area contributed by atoms with Crippen LogP contribution in [0.1, 0.15) is 23.1 Å². The summed E-state index contributed by atoms with van der Waals surface area (Å²) in [6.45, 7) is 0. The predicted octanol–water partition coefficient (Wildman–Crippen LogP) is 4.68. The minimum atomic E-state index is -0.120. The number of rotatable bonds is 6. The fourth-order valence-corrected chi connectivity index (χ4v) is 4.20. The van der Waals surface area contributed by atoms with E-state index in [0.717, 1.165) is 17.5 Å². The lowest BCUT2D eigenvalue weighted by atomic mass is 10.1. The molecule has 0 amide bonds. The number of quaternary nitrogens is 1. The van der Waals surface area contributed by atoms with Gasteiger partial charge >= 0.3 is 0 Å². The van der Waals surface area contributed by atoms with E-state index in [2.05, 4.69) is 33.0 Å². The second-order valence-corrected chi connectivity index (χ2v) is 7.96. The van der Waals surface area contributed by atoms with Crippen LogP contribution in [0.3, 0.4) is 0 Å². The van der Waals surface area contributed by atoms with Crippen LogP contribution in [0.25, 0.3) is 10.9 Å². The average Bonchev–Trinajstić information content (AvgIpc) is 3.29. The number of H-pyrrole nitrogens is 1. The Kier molecular flexibility index (Phi) is 5.41. The first-order chi connectivity index (χ1) is 13.1. The van der Waals surface area contributed by atoms with Gasteiger partial charge in [0, 0.05) is 39.3 Å². The maximum atomic E-state index is 6.20. The number of nitrogens with one attached hydrogen (secondary N) is 1. The van der Waals surface area contributed by atoms with Crippen LogP contribution >= 0.6 is 35.0 Å². The monoisotopic (exact) mass is 419 g/mol. The van der Waals surface area contributed by atoms with Crippen molar-refractivity contribution in [2.24, 2.45) is 0 Å². The molecule has 1 unspecified atom stereocenters. The molecule has 0 aliphatic heterocycles. The summed E-state index contributed by atoms with van der Waals surface area (Å²) in [6, 6.07) is 13.5. The van der Waals surface area contributed by atoms with E-state index in [4.69, 9.17) is 27.6 Å². The van der Waals surface area contributed by atoms with Crippen molar-refractivity contribution in [3.8, 4) is 0 Å². The van der Waals surface area contributed by atoms with Crippen molar-refractivity contribution >= 4 is 45.9 Å². The highest BCUT2D eigenvalue weighted by molar-refractivity contribution is 7.98. The number of nitrogens with zero attached hydrogens (tertiary/aromatic N) is 2. The van der Waals surface area contributed by atoms with Gasteiger partial charge in [-0.15, -0.1) is 10.2 Å². The number of fused-ring (bicyclic) bond motifs is 1. The smallest absolute Gasteiger partial charge is 0.277 e. The van der Waals surface area contributed by atoms with E-state index >= 15 is 0 Å². The van der Waals surface area contributed by atoms with Crippen molar-refractivity contribution in [3.05, 3.63) is 75.7 Å². The molecular weight excluding hydrogens is 403 g/mol. The molecule has 4 rings (SSSR count). The molecule has 2 aromatic carbocycles. The summed E-state index contributed by atoms with van der Waals surface area (Å²) in [4.78, 5) is 3.28. The largest absolute Gasteiger partial charge is 0.410 e. The Hall–Kier alpha value is -1.99. The number of benzene rings is 2. The first-order valence-electron chi connectivity index (χ1n) is 8.38. The quantitative estimate of drug-likeness (QED) is 0.444. The highest BCUT2D eigenvalue weighted by Gasteiger charge is 2.20. The molecule has 0 aliphatic carbocycles. The highest BCUT2D eigenvalue weighted by Crippen LogP contribution is 2.29. The standard InChI is InChI=1S/C19H16Cl2N4OS/c20-13-6-5-11(15(21)8-13)10-27-19-25-24-18(26-19)16(22)7-12-9-23-17-4-2-1-3-14(12)17/h1-6,8-9,16,23H,7,10,22H2/p+1. The number of aromatic nitrogens is 3. The first-order valence-corrected chi connectivity index (χ1v) is 10.1. The molecule has 138 valence electrons. The summed E-state index contributed by atoms with van der Waals surface area (Å²) in [7, 11) is 0. The van der Waals surface area contributed by atoms with Crippen molar-refractivity contribution in [3.63, 3.8) is 0 Å². The molecule has 0 bridgehead atoms. The summed E-state index contributed by atoms with van der Waals surface area (Å²) < 4.78 is 5.79. The fraction of sp³-hybridized carbons (Fsp3) is 0.158. The molecule has 0 spiro atoms. The zero-order valence-electron chi connectivity index (χ0n) is 14.3. The van der Waals surface area contributed by atoms with Crippen LogP contribution in [0.5, 0.6) is 0 Å². The van der Waals surface area contributed by atoms with Gasteiger partial charge in [-0.05, 0) is 29.3 Å². The zero-order chi connectivity index (χ0) is 18.8. The van der Waals surface area contributed by atoms with E-state index in [9.17, 15) is 0 Å². The van der Waals surface area contributed by atoms with Crippen molar-refractivity contribution < 1.29 is 10.2 Å². The lowest BCUT2D eigenvalue weighted by molar-refractivity contribution is -0.431. The van der Waals surface area contributed by atoms with Crippen molar-refractivity contribution in [1.82, 2.24) is 15.2 Å². The summed E-state index contributed by atoms with van der Waals surface area (Å²) in [5.74, 6) is 1.16. The molecule has 8 heteroatoms. The molecule has 4 N–H and O–H groups in total. The van der Waals surface area contributed by atoms with Crippen LogP contribution in [0.4, 0.5) is 0 Å². The van der Waals surface area contributed by atoms with Gasteiger partial charge in [0.2, 0.25) is 0 Å². The number of hydrogen-bond acceptors (Lipinski definition) is 4.